The first kappa shape index (κ1) is 19.6. The molecule has 0 saturated carbocycles. The van der Waals surface area contributed by atoms with E-state index in [9.17, 15) is 5.11 Å². The van der Waals surface area contributed by atoms with Crippen molar-refractivity contribution in [3.05, 3.63) is 48.0 Å². The molecule has 0 amide bonds. The van der Waals surface area contributed by atoms with Gasteiger partial charge in [0.15, 0.2) is 5.82 Å². The van der Waals surface area contributed by atoms with Crippen molar-refractivity contribution in [2.75, 3.05) is 20.3 Å². The molecule has 0 aromatic carbocycles. The zero-order chi connectivity index (χ0) is 21.5. The number of methoxy groups -OCH3 is 1. The van der Waals surface area contributed by atoms with Crippen LogP contribution in [0.25, 0.3) is 28.0 Å². The first-order chi connectivity index (χ1) is 15.1. The van der Waals surface area contributed by atoms with Crippen molar-refractivity contribution >= 4 is 10.9 Å². The van der Waals surface area contributed by atoms with Gasteiger partial charge in [0.1, 0.15) is 5.75 Å². The number of hydrogen-bond donors (Lipinski definition) is 1. The molecule has 0 unspecified atom stereocenters. The second kappa shape index (κ2) is 7.70. The van der Waals surface area contributed by atoms with Crippen molar-refractivity contribution in [1.29, 1.82) is 0 Å². The topological polar surface area (TPSA) is 87.2 Å². The molecule has 1 fully saturated rings. The summed E-state index contributed by atoms with van der Waals surface area (Å²) >= 11 is 0. The van der Waals surface area contributed by atoms with Crippen LogP contribution in [0.1, 0.15) is 30.6 Å². The van der Waals surface area contributed by atoms with E-state index in [4.69, 9.17) is 19.6 Å². The predicted molar refractivity (Wildman–Crippen MR) is 117 cm³/mol. The van der Waals surface area contributed by atoms with Gasteiger partial charge in [-0.25, -0.2) is 4.98 Å². The van der Waals surface area contributed by atoms with Crippen LogP contribution < -0.4 is 4.74 Å². The van der Waals surface area contributed by atoms with Crippen molar-refractivity contribution in [2.24, 2.45) is 0 Å². The molecule has 5 rings (SSSR count). The Morgan fingerprint density at radius 1 is 1.29 bits per heavy atom. The summed E-state index contributed by atoms with van der Waals surface area (Å²) in [6.45, 7) is 5.45. The van der Waals surface area contributed by atoms with Crippen LogP contribution in [-0.2, 0) is 11.2 Å². The van der Waals surface area contributed by atoms with Gasteiger partial charge in [0.25, 0.3) is 0 Å². The molecule has 0 bridgehead atoms. The molecule has 1 aliphatic rings. The molecule has 4 aromatic rings. The fourth-order valence-corrected chi connectivity index (χ4v) is 4.24. The Morgan fingerprint density at radius 2 is 2.16 bits per heavy atom. The monoisotopic (exact) mass is 419 g/mol. The van der Waals surface area contributed by atoms with Crippen LogP contribution >= 0.6 is 0 Å². The molecular weight excluding hydrogens is 394 g/mol. The minimum atomic E-state index is 0.167. The Kier molecular flexibility index (Phi) is 4.86. The lowest BCUT2D eigenvalue weighted by molar-refractivity contribution is 0.184. The molecule has 0 aliphatic carbocycles. The van der Waals surface area contributed by atoms with Crippen LogP contribution in [0.15, 0.2) is 36.8 Å². The van der Waals surface area contributed by atoms with E-state index in [1.807, 2.05) is 36.0 Å². The van der Waals surface area contributed by atoms with Crippen molar-refractivity contribution in [3.8, 4) is 28.7 Å². The van der Waals surface area contributed by atoms with Gasteiger partial charge in [-0.3, -0.25) is 14.2 Å². The van der Waals surface area contributed by atoms with Crippen LogP contribution in [0.5, 0.6) is 11.6 Å². The Morgan fingerprint density at radius 3 is 2.90 bits per heavy atom. The van der Waals surface area contributed by atoms with Crippen molar-refractivity contribution in [1.82, 2.24) is 24.3 Å². The quantitative estimate of drug-likeness (QED) is 0.529. The lowest BCUT2D eigenvalue weighted by Gasteiger charge is -2.08. The van der Waals surface area contributed by atoms with Crippen molar-refractivity contribution < 1.29 is 14.6 Å². The van der Waals surface area contributed by atoms with Gasteiger partial charge < -0.3 is 14.6 Å². The van der Waals surface area contributed by atoms with Crippen LogP contribution in [0, 0.1) is 6.92 Å². The first-order valence-corrected chi connectivity index (χ1v) is 10.5. The molecular formula is C23H25N5O3. The summed E-state index contributed by atoms with van der Waals surface area (Å²) in [5.41, 5.74) is 4.28. The normalized spacial score (nSPS) is 16.3. The maximum Gasteiger partial charge on any atom is 0.207 e. The average Bonchev–Trinajstić information content (AvgIpc) is 3.54. The highest BCUT2D eigenvalue weighted by Crippen LogP contribution is 2.37. The van der Waals surface area contributed by atoms with Crippen molar-refractivity contribution in [3.63, 3.8) is 0 Å². The van der Waals surface area contributed by atoms with E-state index in [1.54, 1.807) is 24.1 Å². The van der Waals surface area contributed by atoms with Crippen LogP contribution in [0.4, 0.5) is 0 Å². The van der Waals surface area contributed by atoms with Crippen LogP contribution in [0.3, 0.4) is 0 Å². The van der Waals surface area contributed by atoms with Gasteiger partial charge in [-0.1, -0.05) is 6.92 Å². The molecule has 8 nitrogen and oxygen atoms in total. The van der Waals surface area contributed by atoms with Crippen molar-refractivity contribution in [2.45, 2.75) is 32.7 Å². The molecule has 0 spiro atoms. The van der Waals surface area contributed by atoms with Gasteiger partial charge in [0.2, 0.25) is 5.88 Å². The molecule has 0 radical (unpaired) electrons. The maximum atomic E-state index is 11.2. The van der Waals surface area contributed by atoms with Gasteiger partial charge in [0.05, 0.1) is 48.2 Å². The molecule has 1 atom stereocenters. The number of aromatic hydroxyl groups is 1. The third kappa shape index (κ3) is 3.23. The summed E-state index contributed by atoms with van der Waals surface area (Å²) in [7, 11) is 1.62. The van der Waals surface area contributed by atoms with Crippen LogP contribution in [-0.4, -0.2) is 49.7 Å². The Hall–Kier alpha value is -3.39. The summed E-state index contributed by atoms with van der Waals surface area (Å²) < 4.78 is 14.5. The lowest BCUT2D eigenvalue weighted by Crippen LogP contribution is -2.10. The summed E-state index contributed by atoms with van der Waals surface area (Å²) in [6, 6.07) is 6.08. The summed E-state index contributed by atoms with van der Waals surface area (Å²) in [4.78, 5) is 9.15. The summed E-state index contributed by atoms with van der Waals surface area (Å²) in [5.74, 6) is 1.52. The van der Waals surface area contributed by atoms with Gasteiger partial charge in [0, 0.05) is 30.6 Å². The largest absolute Gasteiger partial charge is 0.495 e. The number of rotatable bonds is 5. The highest BCUT2D eigenvalue weighted by atomic mass is 16.5. The highest BCUT2D eigenvalue weighted by Gasteiger charge is 2.23. The van der Waals surface area contributed by atoms with Gasteiger partial charge in [-0.05, 0) is 37.5 Å². The highest BCUT2D eigenvalue weighted by molar-refractivity contribution is 5.93. The maximum absolute atomic E-state index is 11.2. The van der Waals surface area contributed by atoms with E-state index in [-0.39, 0.29) is 11.9 Å². The van der Waals surface area contributed by atoms with Gasteiger partial charge >= 0.3 is 0 Å². The van der Waals surface area contributed by atoms with E-state index in [2.05, 4.69) is 11.9 Å². The van der Waals surface area contributed by atoms with E-state index in [0.717, 1.165) is 52.9 Å². The number of nitrogens with zero attached hydrogens (tertiary/aromatic N) is 5. The van der Waals surface area contributed by atoms with Gasteiger partial charge in [-0.15, -0.1) is 0 Å². The standard InChI is InChI=1S/C23H25N5O3/c1-4-15-10-19(16-9-18(30-3)12-24-11-16)25-22-14(2)28(23(29)21(15)22)20-5-7-27(26-20)17-6-8-31-13-17/h5,7,9-12,17,29H,4,6,8,13H2,1-3H3/t17-/m1/s1. The molecule has 1 aliphatic heterocycles. The Bertz CT molecular complexity index is 1250. The molecule has 1 N–H and O–H groups in total. The fourth-order valence-electron chi connectivity index (χ4n) is 4.24. The number of pyridine rings is 2. The third-order valence-electron chi connectivity index (χ3n) is 5.94. The lowest BCUT2D eigenvalue weighted by atomic mass is 10.0. The van der Waals surface area contributed by atoms with E-state index in [1.165, 1.54) is 0 Å². The summed E-state index contributed by atoms with van der Waals surface area (Å²) in [6.07, 6.45) is 7.09. The zero-order valence-corrected chi connectivity index (χ0v) is 17.9. The SMILES string of the molecule is CCc1cc(-c2cncc(OC)c2)nc2c(C)n(-c3ccn([C@@H]4CCOC4)n3)c(O)c12. The molecule has 1 saturated heterocycles. The second-order valence-corrected chi connectivity index (χ2v) is 7.77. The Labute approximate surface area is 180 Å². The van der Waals surface area contributed by atoms with E-state index < -0.39 is 0 Å². The predicted octanol–water partition coefficient (Wildman–Crippen LogP) is 3.83. The molecule has 4 aromatic heterocycles. The number of aryl methyl sites for hydroxylation is 2. The van der Waals surface area contributed by atoms with E-state index in [0.29, 0.717) is 18.2 Å². The number of fused-ring (bicyclic) bond motifs is 1. The third-order valence-corrected chi connectivity index (χ3v) is 5.94. The number of aromatic nitrogens is 5. The minimum absolute atomic E-state index is 0.167. The Balaban J connectivity index is 1.66. The fraction of sp³-hybridized carbons (Fsp3) is 0.348. The molecule has 5 heterocycles. The number of hydrogen-bond acceptors (Lipinski definition) is 6. The molecule has 160 valence electrons. The number of ether oxygens (including phenoxy) is 2. The molecule has 8 heteroatoms. The first-order valence-electron chi connectivity index (χ1n) is 10.5. The molecule has 31 heavy (non-hydrogen) atoms. The minimum Gasteiger partial charge on any atom is -0.495 e. The average molecular weight is 419 g/mol. The zero-order valence-electron chi connectivity index (χ0n) is 17.9. The smallest absolute Gasteiger partial charge is 0.207 e. The van der Waals surface area contributed by atoms with Crippen LogP contribution in [0.2, 0.25) is 0 Å². The summed E-state index contributed by atoms with van der Waals surface area (Å²) in [5, 5.41) is 16.7. The second-order valence-electron chi connectivity index (χ2n) is 7.77. The van der Waals surface area contributed by atoms with Gasteiger partial charge in [-0.2, -0.15) is 5.10 Å². The van der Waals surface area contributed by atoms with E-state index >= 15 is 0 Å².